The number of carboxylic acid groups (broad SMARTS) is 1. The highest BCUT2D eigenvalue weighted by Gasteiger charge is 2.13. The standard InChI is InChI=1S/C22H26N2O4/c1-15(23-13-18(25)14-28-19-6-4-3-5-7-19)10-16-8-9-20-17(11-16)12-21(22(26)27)24(20)2/h3-9,11-12,15,18,23,25H,10,13-14H2,1-2H3,(H,26,27)/t15-,18+/m1/s1. The predicted octanol–water partition coefficient (Wildman–Crippen LogP) is 2.84. The monoisotopic (exact) mass is 382 g/mol. The van der Waals surface area contributed by atoms with Crippen LogP contribution in [0.2, 0.25) is 0 Å². The summed E-state index contributed by atoms with van der Waals surface area (Å²) >= 11 is 0. The van der Waals surface area contributed by atoms with Crippen molar-refractivity contribution in [2.75, 3.05) is 13.2 Å². The maximum absolute atomic E-state index is 11.3. The van der Waals surface area contributed by atoms with Crippen LogP contribution >= 0.6 is 0 Å². The average molecular weight is 382 g/mol. The molecule has 28 heavy (non-hydrogen) atoms. The quantitative estimate of drug-likeness (QED) is 0.530. The second-order valence-corrected chi connectivity index (χ2v) is 7.08. The van der Waals surface area contributed by atoms with Crippen LogP contribution in [0.1, 0.15) is 23.0 Å². The fourth-order valence-electron chi connectivity index (χ4n) is 3.26. The topological polar surface area (TPSA) is 83.7 Å². The van der Waals surface area contributed by atoms with Crippen LogP contribution < -0.4 is 10.1 Å². The maximum atomic E-state index is 11.3. The minimum atomic E-state index is -0.929. The number of fused-ring (bicyclic) bond motifs is 1. The molecule has 0 amide bonds. The van der Waals surface area contributed by atoms with Gasteiger partial charge in [0.05, 0.1) is 0 Å². The Morgan fingerprint density at radius 2 is 1.93 bits per heavy atom. The van der Waals surface area contributed by atoms with Gasteiger partial charge in [-0.2, -0.15) is 0 Å². The molecule has 0 radical (unpaired) electrons. The Balaban J connectivity index is 1.51. The molecule has 0 saturated heterocycles. The Kier molecular flexibility index (Phi) is 6.34. The molecule has 1 heterocycles. The van der Waals surface area contributed by atoms with Gasteiger partial charge in [-0.1, -0.05) is 24.3 Å². The van der Waals surface area contributed by atoms with Gasteiger partial charge in [0.15, 0.2) is 0 Å². The SMILES string of the molecule is C[C@H](Cc1ccc2c(c1)cc(C(=O)O)n2C)NC[C@H](O)COc1ccccc1. The molecule has 0 aliphatic heterocycles. The zero-order valence-electron chi connectivity index (χ0n) is 16.1. The van der Waals surface area contributed by atoms with Gasteiger partial charge < -0.3 is 24.8 Å². The van der Waals surface area contributed by atoms with E-state index in [1.807, 2.05) is 48.5 Å². The number of aliphatic hydroxyl groups is 1. The molecule has 148 valence electrons. The number of nitrogens with zero attached hydrogens (tertiary/aromatic N) is 1. The van der Waals surface area contributed by atoms with Gasteiger partial charge in [-0.3, -0.25) is 0 Å². The Labute approximate surface area is 164 Å². The third-order valence-electron chi connectivity index (χ3n) is 4.76. The number of aryl methyl sites for hydroxylation is 1. The summed E-state index contributed by atoms with van der Waals surface area (Å²) in [6, 6.07) is 17.3. The van der Waals surface area contributed by atoms with Crippen molar-refractivity contribution in [2.45, 2.75) is 25.5 Å². The molecule has 2 atom stereocenters. The summed E-state index contributed by atoms with van der Waals surface area (Å²) in [5.41, 5.74) is 2.29. The number of rotatable bonds is 9. The zero-order chi connectivity index (χ0) is 20.1. The van der Waals surface area contributed by atoms with Gasteiger partial charge in [0.2, 0.25) is 0 Å². The second kappa shape index (κ2) is 8.91. The van der Waals surface area contributed by atoms with Crippen LogP contribution in [0, 0.1) is 0 Å². The van der Waals surface area contributed by atoms with E-state index in [0.29, 0.717) is 6.54 Å². The molecule has 3 aromatic rings. The summed E-state index contributed by atoms with van der Waals surface area (Å²) in [6.07, 6.45) is 0.178. The zero-order valence-corrected chi connectivity index (χ0v) is 16.1. The van der Waals surface area contributed by atoms with Gasteiger partial charge in [-0.15, -0.1) is 0 Å². The molecule has 1 aromatic heterocycles. The first kappa shape index (κ1) is 19.9. The van der Waals surface area contributed by atoms with Gasteiger partial charge in [0.1, 0.15) is 24.2 Å². The summed E-state index contributed by atoms with van der Waals surface area (Å²) in [6.45, 7) is 2.73. The molecule has 3 rings (SSSR count). The van der Waals surface area contributed by atoms with Crippen LogP contribution in [0.15, 0.2) is 54.6 Å². The molecule has 0 spiro atoms. The number of hydrogen-bond donors (Lipinski definition) is 3. The molecule has 0 bridgehead atoms. The van der Waals surface area contributed by atoms with E-state index in [0.717, 1.165) is 28.6 Å². The highest BCUT2D eigenvalue weighted by molar-refractivity contribution is 5.94. The molecular weight excluding hydrogens is 356 g/mol. The lowest BCUT2D eigenvalue weighted by molar-refractivity contribution is 0.0687. The summed E-state index contributed by atoms with van der Waals surface area (Å²) in [5, 5.41) is 23.6. The summed E-state index contributed by atoms with van der Waals surface area (Å²) in [5.74, 6) is -0.187. The van der Waals surface area contributed by atoms with E-state index in [9.17, 15) is 15.0 Å². The third-order valence-corrected chi connectivity index (χ3v) is 4.76. The van der Waals surface area contributed by atoms with Crippen LogP contribution in [0.25, 0.3) is 10.9 Å². The average Bonchev–Trinajstić information content (AvgIpc) is 3.02. The molecule has 6 nitrogen and oxygen atoms in total. The Hall–Kier alpha value is -2.83. The number of carboxylic acids is 1. The molecule has 2 aromatic carbocycles. The number of hydrogen-bond acceptors (Lipinski definition) is 4. The van der Waals surface area contributed by atoms with Gasteiger partial charge in [0.25, 0.3) is 0 Å². The first-order chi connectivity index (χ1) is 13.4. The fraction of sp³-hybridized carbons (Fsp3) is 0.318. The minimum Gasteiger partial charge on any atom is -0.491 e. The van der Waals surface area contributed by atoms with Crippen molar-refractivity contribution in [3.63, 3.8) is 0 Å². The molecule has 3 N–H and O–H groups in total. The van der Waals surface area contributed by atoms with Crippen LogP contribution in [0.3, 0.4) is 0 Å². The summed E-state index contributed by atoms with van der Waals surface area (Å²) < 4.78 is 7.25. The number of carbonyl (C=O) groups is 1. The molecule has 0 unspecified atom stereocenters. The van der Waals surface area contributed by atoms with Crippen molar-refractivity contribution in [1.82, 2.24) is 9.88 Å². The number of para-hydroxylation sites is 1. The van der Waals surface area contributed by atoms with Crippen molar-refractivity contribution < 1.29 is 19.7 Å². The normalized spacial score (nSPS) is 13.4. The Bertz CT molecular complexity index is 936. The van der Waals surface area contributed by atoms with E-state index >= 15 is 0 Å². The van der Waals surface area contributed by atoms with Crippen LogP contribution in [-0.2, 0) is 13.5 Å². The number of nitrogens with one attached hydrogen (secondary N) is 1. The van der Waals surface area contributed by atoms with E-state index in [-0.39, 0.29) is 18.3 Å². The van der Waals surface area contributed by atoms with E-state index in [1.54, 1.807) is 17.7 Å². The van der Waals surface area contributed by atoms with Gasteiger partial charge in [0, 0.05) is 30.5 Å². The van der Waals surface area contributed by atoms with Crippen molar-refractivity contribution in [2.24, 2.45) is 7.05 Å². The van der Waals surface area contributed by atoms with Crippen LogP contribution in [-0.4, -0.2) is 46.0 Å². The Morgan fingerprint density at radius 1 is 1.18 bits per heavy atom. The number of aromatic nitrogens is 1. The lowest BCUT2D eigenvalue weighted by Gasteiger charge is -2.18. The number of benzene rings is 2. The van der Waals surface area contributed by atoms with Crippen LogP contribution in [0.5, 0.6) is 5.75 Å². The van der Waals surface area contributed by atoms with E-state index in [2.05, 4.69) is 12.2 Å². The molecule has 0 aliphatic carbocycles. The van der Waals surface area contributed by atoms with Crippen molar-refractivity contribution in [1.29, 1.82) is 0 Å². The maximum Gasteiger partial charge on any atom is 0.352 e. The second-order valence-electron chi connectivity index (χ2n) is 7.08. The molecule has 0 aliphatic rings. The lowest BCUT2D eigenvalue weighted by Crippen LogP contribution is -2.37. The first-order valence-electron chi connectivity index (χ1n) is 9.35. The fourth-order valence-corrected chi connectivity index (χ4v) is 3.26. The van der Waals surface area contributed by atoms with E-state index in [4.69, 9.17) is 4.74 Å². The lowest BCUT2D eigenvalue weighted by atomic mass is 10.1. The van der Waals surface area contributed by atoms with Crippen molar-refractivity contribution in [3.05, 3.63) is 65.9 Å². The largest absolute Gasteiger partial charge is 0.491 e. The number of ether oxygens (including phenoxy) is 1. The van der Waals surface area contributed by atoms with E-state index < -0.39 is 12.1 Å². The molecule has 6 heteroatoms. The minimum absolute atomic E-state index is 0.159. The highest BCUT2D eigenvalue weighted by atomic mass is 16.5. The van der Waals surface area contributed by atoms with Gasteiger partial charge in [-0.25, -0.2) is 4.79 Å². The third kappa shape index (κ3) is 4.91. The smallest absolute Gasteiger partial charge is 0.352 e. The molecular formula is C22H26N2O4. The van der Waals surface area contributed by atoms with Crippen molar-refractivity contribution in [3.8, 4) is 5.75 Å². The van der Waals surface area contributed by atoms with Gasteiger partial charge in [-0.05, 0) is 49.2 Å². The van der Waals surface area contributed by atoms with Gasteiger partial charge >= 0.3 is 5.97 Å². The molecule has 0 saturated carbocycles. The summed E-state index contributed by atoms with van der Waals surface area (Å²) in [4.78, 5) is 11.3. The van der Waals surface area contributed by atoms with Crippen molar-refractivity contribution >= 4 is 16.9 Å². The first-order valence-corrected chi connectivity index (χ1v) is 9.35. The van der Waals surface area contributed by atoms with E-state index in [1.165, 1.54) is 0 Å². The molecule has 0 fully saturated rings. The Morgan fingerprint density at radius 3 is 2.64 bits per heavy atom. The summed E-state index contributed by atoms with van der Waals surface area (Å²) in [7, 11) is 1.76. The highest BCUT2D eigenvalue weighted by Crippen LogP contribution is 2.21. The van der Waals surface area contributed by atoms with Crippen LogP contribution in [0.4, 0.5) is 0 Å². The number of aromatic carboxylic acids is 1. The predicted molar refractivity (Wildman–Crippen MR) is 109 cm³/mol. The number of aliphatic hydroxyl groups excluding tert-OH is 1.